The van der Waals surface area contributed by atoms with Crippen molar-refractivity contribution in [3.05, 3.63) is 35.9 Å². The molecular formula is C17H25NO2S. The predicted molar refractivity (Wildman–Crippen MR) is 88.2 cm³/mol. The molecule has 0 saturated carbocycles. The van der Waals surface area contributed by atoms with Crippen LogP contribution in [0.4, 0.5) is 0 Å². The molecule has 0 bridgehead atoms. The Morgan fingerprint density at radius 3 is 2.48 bits per heavy atom. The second-order valence-electron chi connectivity index (χ2n) is 6.02. The van der Waals surface area contributed by atoms with Crippen LogP contribution in [-0.4, -0.2) is 40.4 Å². The number of thioether (sulfide) groups is 1. The number of hydrogen-bond acceptors (Lipinski definition) is 3. The van der Waals surface area contributed by atoms with Crippen molar-refractivity contribution in [2.24, 2.45) is 5.92 Å². The fraction of sp³-hybridized carbons (Fsp3) is 0.588. The molecule has 2 rings (SSSR count). The highest BCUT2D eigenvalue weighted by Crippen LogP contribution is 2.26. The van der Waals surface area contributed by atoms with Gasteiger partial charge >= 0.3 is 0 Å². The standard InChI is InChI=1S/C17H25NO2S/c1-13(2)16(21-12-14-6-4-3-5-7-14)17(20)18-10-8-15(19)9-11-18/h3-7,13,15-16,19H,8-12H2,1-2H3. The van der Waals surface area contributed by atoms with Crippen LogP contribution in [0.25, 0.3) is 0 Å². The van der Waals surface area contributed by atoms with E-state index >= 15 is 0 Å². The molecule has 1 unspecified atom stereocenters. The summed E-state index contributed by atoms with van der Waals surface area (Å²) in [6.45, 7) is 5.60. The van der Waals surface area contributed by atoms with Crippen molar-refractivity contribution in [1.82, 2.24) is 4.90 Å². The van der Waals surface area contributed by atoms with Crippen molar-refractivity contribution in [2.45, 2.75) is 43.8 Å². The van der Waals surface area contributed by atoms with Crippen LogP contribution in [-0.2, 0) is 10.5 Å². The molecule has 1 aliphatic heterocycles. The van der Waals surface area contributed by atoms with Gasteiger partial charge in [0, 0.05) is 18.8 Å². The highest BCUT2D eigenvalue weighted by atomic mass is 32.2. The van der Waals surface area contributed by atoms with E-state index < -0.39 is 0 Å². The Hall–Kier alpha value is -1.00. The van der Waals surface area contributed by atoms with E-state index in [-0.39, 0.29) is 17.3 Å². The Bertz CT molecular complexity index is 441. The van der Waals surface area contributed by atoms with Gasteiger partial charge < -0.3 is 10.0 Å². The monoisotopic (exact) mass is 307 g/mol. The SMILES string of the molecule is CC(C)C(SCc1ccccc1)C(=O)N1CCC(O)CC1. The average Bonchev–Trinajstić information content (AvgIpc) is 2.48. The van der Waals surface area contributed by atoms with Crippen molar-refractivity contribution in [3.8, 4) is 0 Å². The maximum atomic E-state index is 12.7. The number of piperidine rings is 1. The zero-order valence-corrected chi connectivity index (χ0v) is 13.7. The zero-order chi connectivity index (χ0) is 15.2. The first-order valence-corrected chi connectivity index (χ1v) is 8.75. The van der Waals surface area contributed by atoms with Crippen LogP contribution in [0.2, 0.25) is 0 Å². The summed E-state index contributed by atoms with van der Waals surface area (Å²) in [5.41, 5.74) is 1.26. The average molecular weight is 307 g/mol. The third-order valence-corrected chi connectivity index (χ3v) is 5.50. The van der Waals surface area contributed by atoms with Crippen molar-refractivity contribution < 1.29 is 9.90 Å². The molecule has 116 valence electrons. The van der Waals surface area contributed by atoms with Crippen molar-refractivity contribution in [3.63, 3.8) is 0 Å². The van der Waals surface area contributed by atoms with Crippen LogP contribution >= 0.6 is 11.8 Å². The molecule has 0 aliphatic carbocycles. The summed E-state index contributed by atoms with van der Waals surface area (Å²) in [5.74, 6) is 1.42. The number of aliphatic hydroxyl groups excluding tert-OH is 1. The lowest BCUT2D eigenvalue weighted by Gasteiger charge is -2.33. The predicted octanol–water partition coefficient (Wildman–Crippen LogP) is 2.93. The fourth-order valence-electron chi connectivity index (χ4n) is 2.58. The lowest BCUT2D eigenvalue weighted by atomic mass is 10.0. The number of nitrogens with zero attached hydrogens (tertiary/aromatic N) is 1. The zero-order valence-electron chi connectivity index (χ0n) is 12.9. The Kier molecular flexibility index (Phi) is 6.12. The topological polar surface area (TPSA) is 40.5 Å². The van der Waals surface area contributed by atoms with Crippen LogP contribution in [0.1, 0.15) is 32.3 Å². The minimum atomic E-state index is -0.233. The molecule has 1 aromatic rings. The second kappa shape index (κ2) is 7.85. The van der Waals surface area contributed by atoms with Gasteiger partial charge in [0.15, 0.2) is 0 Å². The summed E-state index contributed by atoms with van der Waals surface area (Å²) in [4.78, 5) is 14.6. The molecule has 0 spiro atoms. The molecule has 1 heterocycles. The van der Waals surface area contributed by atoms with E-state index in [2.05, 4.69) is 26.0 Å². The van der Waals surface area contributed by atoms with Gasteiger partial charge in [0.05, 0.1) is 11.4 Å². The molecule has 1 saturated heterocycles. The van der Waals surface area contributed by atoms with Crippen LogP contribution in [0, 0.1) is 5.92 Å². The lowest BCUT2D eigenvalue weighted by molar-refractivity contribution is -0.133. The number of amides is 1. The maximum Gasteiger partial charge on any atom is 0.235 e. The normalized spacial score (nSPS) is 18.0. The van der Waals surface area contributed by atoms with Crippen LogP contribution < -0.4 is 0 Å². The lowest BCUT2D eigenvalue weighted by Crippen LogP contribution is -2.45. The summed E-state index contributed by atoms with van der Waals surface area (Å²) >= 11 is 1.73. The van der Waals surface area contributed by atoms with E-state index in [0.717, 1.165) is 5.75 Å². The number of carbonyl (C=O) groups is 1. The quantitative estimate of drug-likeness (QED) is 0.909. The van der Waals surface area contributed by atoms with E-state index in [4.69, 9.17) is 0 Å². The van der Waals surface area contributed by atoms with Gasteiger partial charge in [-0.3, -0.25) is 4.79 Å². The Morgan fingerprint density at radius 1 is 1.29 bits per heavy atom. The summed E-state index contributed by atoms with van der Waals surface area (Å²) in [6.07, 6.45) is 1.18. The van der Waals surface area contributed by atoms with E-state index in [0.29, 0.717) is 31.8 Å². The number of hydrogen-bond donors (Lipinski definition) is 1. The van der Waals surface area contributed by atoms with Crippen LogP contribution in [0.15, 0.2) is 30.3 Å². The van der Waals surface area contributed by atoms with Gasteiger partial charge in [-0.15, -0.1) is 11.8 Å². The summed E-state index contributed by atoms with van der Waals surface area (Å²) in [5, 5.41) is 9.57. The van der Waals surface area contributed by atoms with Crippen molar-refractivity contribution >= 4 is 17.7 Å². The third kappa shape index (κ3) is 4.75. The smallest absolute Gasteiger partial charge is 0.235 e. The van der Waals surface area contributed by atoms with Crippen LogP contribution in [0.5, 0.6) is 0 Å². The molecule has 4 heteroatoms. The van der Waals surface area contributed by atoms with E-state index in [1.165, 1.54) is 5.56 Å². The van der Waals surface area contributed by atoms with Crippen molar-refractivity contribution in [1.29, 1.82) is 0 Å². The molecule has 1 fully saturated rings. The largest absolute Gasteiger partial charge is 0.393 e. The molecular weight excluding hydrogens is 282 g/mol. The van der Waals surface area contributed by atoms with Gasteiger partial charge in [-0.25, -0.2) is 0 Å². The first kappa shape index (κ1) is 16.4. The Labute approximate surface area is 131 Å². The van der Waals surface area contributed by atoms with Gasteiger partial charge in [0.2, 0.25) is 5.91 Å². The molecule has 1 aromatic carbocycles. The number of rotatable bonds is 5. The molecule has 0 aromatic heterocycles. The van der Waals surface area contributed by atoms with Gasteiger partial charge in [-0.05, 0) is 24.3 Å². The first-order chi connectivity index (χ1) is 10.1. The number of likely N-dealkylation sites (tertiary alicyclic amines) is 1. The molecule has 21 heavy (non-hydrogen) atoms. The third-order valence-electron chi connectivity index (χ3n) is 3.90. The van der Waals surface area contributed by atoms with Crippen molar-refractivity contribution in [2.75, 3.05) is 13.1 Å². The summed E-state index contributed by atoms with van der Waals surface area (Å²) < 4.78 is 0. The molecule has 1 amide bonds. The number of aliphatic hydroxyl groups is 1. The molecule has 1 aliphatic rings. The maximum absolute atomic E-state index is 12.7. The Balaban J connectivity index is 1.93. The molecule has 1 N–H and O–H groups in total. The number of carbonyl (C=O) groups excluding carboxylic acids is 1. The van der Waals surface area contributed by atoms with E-state index in [9.17, 15) is 9.90 Å². The molecule has 3 nitrogen and oxygen atoms in total. The van der Waals surface area contributed by atoms with Gasteiger partial charge in [0.25, 0.3) is 0 Å². The highest BCUT2D eigenvalue weighted by Gasteiger charge is 2.29. The van der Waals surface area contributed by atoms with Gasteiger partial charge in [0.1, 0.15) is 0 Å². The van der Waals surface area contributed by atoms with E-state index in [1.54, 1.807) is 11.8 Å². The van der Waals surface area contributed by atoms with Gasteiger partial charge in [-0.2, -0.15) is 0 Å². The Morgan fingerprint density at radius 2 is 1.90 bits per heavy atom. The minimum Gasteiger partial charge on any atom is -0.393 e. The minimum absolute atomic E-state index is 0.000416. The molecule has 1 atom stereocenters. The molecule has 0 radical (unpaired) electrons. The fourth-order valence-corrected chi connectivity index (χ4v) is 3.82. The summed E-state index contributed by atoms with van der Waals surface area (Å²) in [6, 6.07) is 10.3. The first-order valence-electron chi connectivity index (χ1n) is 7.70. The summed E-state index contributed by atoms with van der Waals surface area (Å²) in [7, 11) is 0. The van der Waals surface area contributed by atoms with E-state index in [1.807, 2.05) is 23.1 Å². The highest BCUT2D eigenvalue weighted by molar-refractivity contribution is 7.99. The van der Waals surface area contributed by atoms with Crippen LogP contribution in [0.3, 0.4) is 0 Å². The number of benzene rings is 1. The second-order valence-corrected chi connectivity index (χ2v) is 7.15. The van der Waals surface area contributed by atoms with Gasteiger partial charge in [-0.1, -0.05) is 44.2 Å².